The number of hydrogen-bond donors (Lipinski definition) is 1. The summed E-state index contributed by atoms with van der Waals surface area (Å²) in [4.78, 5) is 20.9. The van der Waals surface area contributed by atoms with Crippen molar-refractivity contribution in [1.29, 1.82) is 0 Å². The van der Waals surface area contributed by atoms with Crippen LogP contribution in [0.5, 0.6) is 0 Å². The molecule has 23 heavy (non-hydrogen) atoms. The van der Waals surface area contributed by atoms with Crippen LogP contribution in [0.4, 0.5) is 5.69 Å². The first-order chi connectivity index (χ1) is 10.8. The molecule has 124 valence electrons. The smallest absolute Gasteiger partial charge is 0.269 e. The number of benzene rings is 1. The SMILES string of the molecule is C[C@H]([N+](=O)[O-])[C@]1(C)C=CC1CCNCc1ccc([N+](=O)[O-])cc1. The monoisotopic (exact) mass is 319 g/mol. The van der Waals surface area contributed by atoms with Gasteiger partial charge in [-0.05, 0) is 31.4 Å². The van der Waals surface area contributed by atoms with Crippen LogP contribution < -0.4 is 5.32 Å². The second kappa shape index (κ2) is 6.87. The van der Waals surface area contributed by atoms with Crippen LogP contribution >= 0.6 is 0 Å². The molecule has 0 saturated heterocycles. The molecule has 7 heteroatoms. The average molecular weight is 319 g/mol. The Morgan fingerprint density at radius 3 is 2.39 bits per heavy atom. The Morgan fingerprint density at radius 2 is 1.91 bits per heavy atom. The summed E-state index contributed by atoms with van der Waals surface area (Å²) in [6.45, 7) is 4.95. The van der Waals surface area contributed by atoms with E-state index >= 15 is 0 Å². The second-order valence-corrected chi connectivity index (χ2v) is 6.18. The zero-order chi connectivity index (χ0) is 17.0. The second-order valence-electron chi connectivity index (χ2n) is 6.18. The molecule has 1 N–H and O–H groups in total. The van der Waals surface area contributed by atoms with Gasteiger partial charge in [0.25, 0.3) is 5.69 Å². The van der Waals surface area contributed by atoms with Crippen LogP contribution in [0.1, 0.15) is 25.8 Å². The van der Waals surface area contributed by atoms with E-state index in [4.69, 9.17) is 0 Å². The van der Waals surface area contributed by atoms with Gasteiger partial charge in [-0.3, -0.25) is 20.2 Å². The highest BCUT2D eigenvalue weighted by Gasteiger charge is 2.47. The topological polar surface area (TPSA) is 98.3 Å². The van der Waals surface area contributed by atoms with E-state index in [1.54, 1.807) is 19.1 Å². The lowest BCUT2D eigenvalue weighted by molar-refractivity contribution is -0.537. The summed E-state index contributed by atoms with van der Waals surface area (Å²) in [5.41, 5.74) is 0.678. The van der Waals surface area contributed by atoms with Crippen LogP contribution in [0.25, 0.3) is 0 Å². The summed E-state index contributed by atoms with van der Waals surface area (Å²) >= 11 is 0. The van der Waals surface area contributed by atoms with Crippen molar-refractivity contribution in [3.8, 4) is 0 Å². The molecule has 1 aromatic carbocycles. The van der Waals surface area contributed by atoms with E-state index < -0.39 is 11.0 Å². The lowest BCUT2D eigenvalue weighted by Crippen LogP contribution is -2.45. The predicted octanol–water partition coefficient (Wildman–Crippen LogP) is 2.93. The van der Waals surface area contributed by atoms with Crippen LogP contribution in [0.15, 0.2) is 36.4 Å². The van der Waals surface area contributed by atoms with Gasteiger partial charge in [0, 0.05) is 30.5 Å². The fourth-order valence-corrected chi connectivity index (χ4v) is 2.85. The molecule has 1 aliphatic carbocycles. The first kappa shape index (κ1) is 17.1. The number of rotatable bonds is 8. The molecule has 1 aliphatic rings. The van der Waals surface area contributed by atoms with E-state index in [0.717, 1.165) is 18.5 Å². The Bertz CT molecular complexity index is 614. The van der Waals surface area contributed by atoms with Crippen molar-refractivity contribution in [1.82, 2.24) is 5.32 Å². The normalized spacial score (nSPS) is 24.0. The number of nitro benzene ring substituents is 1. The molecule has 1 unspecified atom stereocenters. The van der Waals surface area contributed by atoms with Crippen molar-refractivity contribution >= 4 is 5.69 Å². The highest BCUT2D eigenvalue weighted by atomic mass is 16.6. The number of nitro groups is 2. The van der Waals surface area contributed by atoms with Crippen LogP contribution in [-0.4, -0.2) is 22.4 Å². The van der Waals surface area contributed by atoms with Crippen LogP contribution in [0.3, 0.4) is 0 Å². The first-order valence-corrected chi connectivity index (χ1v) is 7.61. The van der Waals surface area contributed by atoms with Gasteiger partial charge in [0.15, 0.2) is 0 Å². The lowest BCUT2D eigenvalue weighted by Gasteiger charge is -2.40. The molecular weight excluding hydrogens is 298 g/mol. The minimum absolute atomic E-state index is 0.0814. The van der Waals surface area contributed by atoms with Gasteiger partial charge >= 0.3 is 0 Å². The lowest BCUT2D eigenvalue weighted by atomic mass is 9.63. The molecule has 1 aromatic rings. The van der Waals surface area contributed by atoms with E-state index in [2.05, 4.69) is 5.32 Å². The van der Waals surface area contributed by atoms with Crippen molar-refractivity contribution in [3.63, 3.8) is 0 Å². The maximum Gasteiger partial charge on any atom is 0.269 e. The molecular formula is C16H21N3O4. The summed E-state index contributed by atoms with van der Waals surface area (Å²) < 4.78 is 0. The number of non-ortho nitro benzene ring substituents is 1. The van der Waals surface area contributed by atoms with Gasteiger partial charge in [-0.25, -0.2) is 0 Å². The third kappa shape index (κ3) is 3.73. The van der Waals surface area contributed by atoms with Crippen LogP contribution in [-0.2, 0) is 6.54 Å². The van der Waals surface area contributed by atoms with Crippen molar-refractivity contribution in [2.75, 3.05) is 6.54 Å². The molecule has 0 fully saturated rings. The Labute approximate surface area is 134 Å². The molecule has 0 spiro atoms. The van der Waals surface area contributed by atoms with Crippen LogP contribution in [0, 0.1) is 31.6 Å². The fourth-order valence-electron chi connectivity index (χ4n) is 2.85. The minimum atomic E-state index is -0.591. The maximum absolute atomic E-state index is 11.0. The van der Waals surface area contributed by atoms with Gasteiger partial charge in [0.2, 0.25) is 6.04 Å². The third-order valence-corrected chi connectivity index (χ3v) is 4.81. The standard InChI is InChI=1S/C16H21N3O4/c1-12(18(20)21)16(2)9-7-14(16)8-10-17-11-13-3-5-15(6-4-13)19(22)23/h3-7,9,12,14,17H,8,10-11H2,1-2H3/t12-,14?,16-/m0/s1. The zero-order valence-corrected chi connectivity index (χ0v) is 13.3. The molecule has 0 aromatic heterocycles. The number of nitrogens with one attached hydrogen (secondary N) is 1. The summed E-state index contributed by atoms with van der Waals surface area (Å²) in [7, 11) is 0. The largest absolute Gasteiger partial charge is 0.313 e. The molecule has 0 heterocycles. The Morgan fingerprint density at radius 1 is 1.26 bits per heavy atom. The quantitative estimate of drug-likeness (QED) is 0.344. The predicted molar refractivity (Wildman–Crippen MR) is 86.6 cm³/mol. The van der Waals surface area contributed by atoms with Gasteiger partial charge in [0.05, 0.1) is 10.3 Å². The van der Waals surface area contributed by atoms with Gasteiger partial charge in [-0.15, -0.1) is 0 Å². The molecule has 0 saturated carbocycles. The Hall–Kier alpha value is -2.28. The Kier molecular flexibility index (Phi) is 5.10. The number of allylic oxidation sites excluding steroid dienone is 1. The molecule has 3 atom stereocenters. The van der Waals surface area contributed by atoms with Crippen molar-refractivity contribution < 1.29 is 9.85 Å². The molecule has 0 amide bonds. The number of hydrogen-bond acceptors (Lipinski definition) is 5. The van der Waals surface area contributed by atoms with Gasteiger partial charge in [-0.1, -0.05) is 24.3 Å². The van der Waals surface area contributed by atoms with Gasteiger partial charge in [-0.2, -0.15) is 0 Å². The summed E-state index contributed by atoms with van der Waals surface area (Å²) in [5.74, 6) is 0.201. The van der Waals surface area contributed by atoms with Gasteiger partial charge < -0.3 is 5.32 Å². The maximum atomic E-state index is 11.0. The number of nitrogens with zero attached hydrogens (tertiary/aromatic N) is 2. The summed E-state index contributed by atoms with van der Waals surface area (Å²) in [5, 5.41) is 24.9. The highest BCUT2D eigenvalue weighted by molar-refractivity contribution is 5.32. The molecule has 0 aliphatic heterocycles. The zero-order valence-electron chi connectivity index (χ0n) is 13.3. The van der Waals surface area contributed by atoms with E-state index in [9.17, 15) is 20.2 Å². The summed E-state index contributed by atoms with van der Waals surface area (Å²) in [6.07, 6.45) is 4.80. The van der Waals surface area contributed by atoms with E-state index in [-0.39, 0.29) is 21.9 Å². The molecule has 0 bridgehead atoms. The molecule has 0 radical (unpaired) electrons. The minimum Gasteiger partial charge on any atom is -0.313 e. The van der Waals surface area contributed by atoms with E-state index in [0.29, 0.717) is 6.54 Å². The molecule has 7 nitrogen and oxygen atoms in total. The average Bonchev–Trinajstić information content (AvgIpc) is 2.52. The first-order valence-electron chi connectivity index (χ1n) is 7.61. The third-order valence-electron chi connectivity index (χ3n) is 4.81. The van der Waals surface area contributed by atoms with Gasteiger partial charge in [0.1, 0.15) is 0 Å². The van der Waals surface area contributed by atoms with E-state index in [1.165, 1.54) is 12.1 Å². The van der Waals surface area contributed by atoms with Crippen molar-refractivity contribution in [3.05, 3.63) is 62.2 Å². The van der Waals surface area contributed by atoms with E-state index in [1.807, 2.05) is 19.1 Å². The van der Waals surface area contributed by atoms with Crippen LogP contribution in [0.2, 0.25) is 0 Å². The summed E-state index contributed by atoms with van der Waals surface area (Å²) in [6, 6.07) is 5.84. The Balaban J connectivity index is 1.77. The molecule has 2 rings (SSSR count). The van der Waals surface area contributed by atoms with Crippen molar-refractivity contribution in [2.24, 2.45) is 11.3 Å². The van der Waals surface area contributed by atoms with Crippen molar-refractivity contribution in [2.45, 2.75) is 32.9 Å². The fraction of sp³-hybridized carbons (Fsp3) is 0.500. The highest BCUT2D eigenvalue weighted by Crippen LogP contribution is 2.44.